The molecule has 3 heterocycles. The predicted molar refractivity (Wildman–Crippen MR) is 136 cm³/mol. The Kier molecular flexibility index (Phi) is 7.73. The molecule has 2 atom stereocenters. The summed E-state index contributed by atoms with van der Waals surface area (Å²) in [5.41, 5.74) is 1.14. The molecule has 0 unspecified atom stereocenters. The molecule has 2 bridgehead atoms. The Bertz CT molecular complexity index is 923. The second kappa shape index (κ2) is 11.1. The highest BCUT2D eigenvalue weighted by Crippen LogP contribution is 2.32. The SMILES string of the molecule is CN1CCN(C(=O)C[C@@H]2CCN3C[C@@H]2/C=C/COc2ccccc2CN(CC2CC2)CC3=O)CC1. The molecule has 2 saturated heterocycles. The Hall–Kier alpha value is -2.38. The predicted octanol–water partition coefficient (Wildman–Crippen LogP) is 2.48. The number of hydrogen-bond acceptors (Lipinski definition) is 5. The van der Waals surface area contributed by atoms with Crippen LogP contribution in [0.3, 0.4) is 0 Å². The van der Waals surface area contributed by atoms with Gasteiger partial charge in [-0.2, -0.15) is 0 Å². The summed E-state index contributed by atoms with van der Waals surface area (Å²) in [5, 5.41) is 0. The van der Waals surface area contributed by atoms with E-state index < -0.39 is 0 Å². The van der Waals surface area contributed by atoms with E-state index in [0.29, 0.717) is 32.0 Å². The van der Waals surface area contributed by atoms with E-state index in [2.05, 4.69) is 35.1 Å². The van der Waals surface area contributed by atoms with Gasteiger partial charge in [-0.25, -0.2) is 0 Å². The van der Waals surface area contributed by atoms with Gasteiger partial charge in [-0.1, -0.05) is 30.4 Å². The summed E-state index contributed by atoms with van der Waals surface area (Å²) in [7, 11) is 2.11. The molecule has 0 N–H and O–H groups in total. The molecule has 3 fully saturated rings. The van der Waals surface area contributed by atoms with Crippen LogP contribution in [-0.2, 0) is 16.1 Å². The molecule has 5 rings (SSSR count). The van der Waals surface area contributed by atoms with Crippen LogP contribution in [0, 0.1) is 17.8 Å². The molecular formula is C28H40N4O3. The second-order valence-corrected chi connectivity index (χ2v) is 10.9. The number of ether oxygens (including phenoxy) is 1. The van der Waals surface area contributed by atoms with Crippen LogP contribution in [0.5, 0.6) is 5.75 Å². The van der Waals surface area contributed by atoms with Crippen molar-refractivity contribution in [1.29, 1.82) is 0 Å². The van der Waals surface area contributed by atoms with Gasteiger partial charge in [0.05, 0.1) is 6.54 Å². The Labute approximate surface area is 209 Å². The van der Waals surface area contributed by atoms with Gasteiger partial charge in [0, 0.05) is 64.3 Å². The van der Waals surface area contributed by atoms with E-state index in [1.807, 2.05) is 28.0 Å². The van der Waals surface area contributed by atoms with E-state index in [1.165, 1.54) is 12.8 Å². The minimum absolute atomic E-state index is 0.181. The number of benzene rings is 1. The molecule has 7 nitrogen and oxygen atoms in total. The van der Waals surface area contributed by atoms with Crippen molar-refractivity contribution in [2.75, 3.05) is 66.0 Å². The highest BCUT2D eigenvalue weighted by atomic mass is 16.5. The summed E-state index contributed by atoms with van der Waals surface area (Å²) in [4.78, 5) is 35.1. The smallest absolute Gasteiger partial charge is 0.236 e. The number of carbonyl (C=O) groups excluding carboxylic acids is 2. The number of nitrogens with zero attached hydrogens (tertiary/aromatic N) is 4. The number of rotatable bonds is 4. The summed E-state index contributed by atoms with van der Waals surface area (Å²) >= 11 is 0. The maximum Gasteiger partial charge on any atom is 0.236 e. The van der Waals surface area contributed by atoms with Gasteiger partial charge >= 0.3 is 0 Å². The van der Waals surface area contributed by atoms with Crippen molar-refractivity contribution in [2.24, 2.45) is 17.8 Å². The first-order valence-corrected chi connectivity index (χ1v) is 13.4. The Morgan fingerprint density at radius 1 is 1.03 bits per heavy atom. The number of piperidine rings is 1. The van der Waals surface area contributed by atoms with Crippen LogP contribution in [0.2, 0.25) is 0 Å². The quantitative estimate of drug-likeness (QED) is 0.620. The minimum Gasteiger partial charge on any atom is -0.489 e. The third-order valence-electron chi connectivity index (χ3n) is 8.11. The monoisotopic (exact) mass is 480 g/mol. The molecule has 3 aliphatic heterocycles. The van der Waals surface area contributed by atoms with Gasteiger partial charge in [0.15, 0.2) is 0 Å². The van der Waals surface area contributed by atoms with Crippen molar-refractivity contribution in [3.05, 3.63) is 42.0 Å². The van der Waals surface area contributed by atoms with E-state index in [1.54, 1.807) is 0 Å². The molecule has 190 valence electrons. The maximum absolute atomic E-state index is 13.4. The first kappa shape index (κ1) is 24.3. The molecular weight excluding hydrogens is 440 g/mol. The molecule has 7 heteroatoms. The first-order valence-electron chi connectivity index (χ1n) is 13.4. The topological polar surface area (TPSA) is 56.3 Å². The van der Waals surface area contributed by atoms with Crippen LogP contribution in [0.4, 0.5) is 0 Å². The second-order valence-electron chi connectivity index (χ2n) is 10.9. The lowest BCUT2D eigenvalue weighted by atomic mass is 9.82. The Morgan fingerprint density at radius 3 is 2.63 bits per heavy atom. The number of para-hydroxylation sites is 1. The Morgan fingerprint density at radius 2 is 1.83 bits per heavy atom. The summed E-state index contributed by atoms with van der Waals surface area (Å²) in [6, 6.07) is 8.20. The van der Waals surface area contributed by atoms with Crippen LogP contribution in [-0.4, -0.2) is 97.4 Å². The normalized spacial score (nSPS) is 27.7. The van der Waals surface area contributed by atoms with Gasteiger partial charge in [-0.15, -0.1) is 0 Å². The largest absolute Gasteiger partial charge is 0.489 e. The van der Waals surface area contributed by atoms with Crippen molar-refractivity contribution in [2.45, 2.75) is 32.2 Å². The zero-order valence-corrected chi connectivity index (χ0v) is 21.1. The highest BCUT2D eigenvalue weighted by Gasteiger charge is 2.34. The van der Waals surface area contributed by atoms with Gasteiger partial charge in [-0.05, 0) is 50.1 Å². The number of fused-ring (bicyclic) bond motifs is 3. The zero-order chi connectivity index (χ0) is 24.2. The number of hydrogen-bond donors (Lipinski definition) is 0. The van der Waals surface area contributed by atoms with Gasteiger partial charge in [0.1, 0.15) is 12.4 Å². The Balaban J connectivity index is 1.30. The van der Waals surface area contributed by atoms with Crippen LogP contribution in [0.25, 0.3) is 0 Å². The molecule has 4 aliphatic rings. The van der Waals surface area contributed by atoms with E-state index in [4.69, 9.17) is 4.74 Å². The standard InChI is InChI=1S/C28H40N4O3/c1-29-12-14-31(15-13-29)27(33)17-23-10-11-32-20-24(23)6-4-16-35-26-7-3-2-5-25(26)19-30(21-28(32)34)18-22-8-9-22/h2-7,22-24H,8-21H2,1H3/b6-4+/t23-,24-/m0/s1. The molecule has 0 spiro atoms. The van der Waals surface area contributed by atoms with Crippen molar-refractivity contribution >= 4 is 11.8 Å². The number of amides is 2. The molecule has 1 aliphatic carbocycles. The van der Waals surface area contributed by atoms with Gasteiger partial charge < -0.3 is 19.4 Å². The zero-order valence-electron chi connectivity index (χ0n) is 21.1. The minimum atomic E-state index is 0.181. The summed E-state index contributed by atoms with van der Waals surface area (Å²) in [5.74, 6) is 2.54. The molecule has 1 aromatic carbocycles. The van der Waals surface area contributed by atoms with Crippen LogP contribution >= 0.6 is 0 Å². The van der Waals surface area contributed by atoms with Crippen molar-refractivity contribution in [3.8, 4) is 5.75 Å². The molecule has 35 heavy (non-hydrogen) atoms. The van der Waals surface area contributed by atoms with Crippen molar-refractivity contribution in [1.82, 2.24) is 19.6 Å². The van der Waals surface area contributed by atoms with E-state index in [-0.39, 0.29) is 23.7 Å². The van der Waals surface area contributed by atoms with E-state index in [0.717, 1.165) is 63.5 Å². The summed E-state index contributed by atoms with van der Waals surface area (Å²) < 4.78 is 6.16. The average Bonchev–Trinajstić information content (AvgIpc) is 3.67. The lowest BCUT2D eigenvalue weighted by molar-refractivity contribution is -0.136. The third kappa shape index (κ3) is 6.44. The van der Waals surface area contributed by atoms with Gasteiger partial charge in [0.2, 0.25) is 11.8 Å². The van der Waals surface area contributed by atoms with Crippen molar-refractivity contribution < 1.29 is 14.3 Å². The molecule has 2 amide bonds. The van der Waals surface area contributed by atoms with Crippen molar-refractivity contribution in [3.63, 3.8) is 0 Å². The fourth-order valence-corrected chi connectivity index (χ4v) is 5.66. The number of likely N-dealkylation sites (N-methyl/N-ethyl adjacent to an activating group) is 1. The molecule has 1 aromatic rings. The summed E-state index contributed by atoms with van der Waals surface area (Å²) in [6.07, 6.45) is 8.26. The first-order chi connectivity index (χ1) is 17.0. The van der Waals surface area contributed by atoms with Crippen LogP contribution in [0.15, 0.2) is 36.4 Å². The van der Waals surface area contributed by atoms with E-state index in [9.17, 15) is 9.59 Å². The number of piperazine rings is 1. The van der Waals surface area contributed by atoms with Crippen LogP contribution < -0.4 is 4.74 Å². The summed E-state index contributed by atoms with van der Waals surface area (Å²) in [6.45, 7) is 7.62. The highest BCUT2D eigenvalue weighted by molar-refractivity contribution is 5.79. The van der Waals surface area contributed by atoms with Gasteiger partial charge in [-0.3, -0.25) is 14.5 Å². The van der Waals surface area contributed by atoms with E-state index >= 15 is 0 Å². The molecule has 1 saturated carbocycles. The molecule has 0 radical (unpaired) electrons. The molecule has 0 aromatic heterocycles. The van der Waals surface area contributed by atoms with Crippen LogP contribution in [0.1, 0.15) is 31.2 Å². The van der Waals surface area contributed by atoms with Gasteiger partial charge in [0.25, 0.3) is 0 Å². The average molecular weight is 481 g/mol. The third-order valence-corrected chi connectivity index (χ3v) is 8.11. The maximum atomic E-state index is 13.4. The lowest BCUT2D eigenvalue weighted by Crippen LogP contribution is -2.50. The fraction of sp³-hybridized carbons (Fsp3) is 0.643. The number of carbonyl (C=O) groups is 2. The fourth-order valence-electron chi connectivity index (χ4n) is 5.66. The lowest BCUT2D eigenvalue weighted by Gasteiger charge is -2.39.